The van der Waals surface area contributed by atoms with Crippen molar-refractivity contribution < 1.29 is 14.6 Å². The molecule has 0 saturated heterocycles. The predicted molar refractivity (Wildman–Crippen MR) is 101 cm³/mol. The van der Waals surface area contributed by atoms with Crippen LogP contribution in [-0.2, 0) is 6.42 Å². The molecule has 0 aliphatic heterocycles. The summed E-state index contributed by atoms with van der Waals surface area (Å²) in [7, 11) is 0. The second-order valence-corrected chi connectivity index (χ2v) is 6.85. The predicted octanol–water partition coefficient (Wildman–Crippen LogP) is 3.16. The average Bonchev–Trinajstić information content (AvgIpc) is 3.24. The number of nitrogens with zero attached hydrogens (tertiary/aromatic N) is 4. The number of anilines is 1. The minimum absolute atomic E-state index is 0.144. The van der Waals surface area contributed by atoms with Gasteiger partial charge in [-0.05, 0) is 42.2 Å². The lowest BCUT2D eigenvalue weighted by atomic mass is 10.1. The SMILES string of the molecule is Nc1ncnc2c1c(-c1cc(O)cc(F)c1)nn2C1CCc2c(O)cccc21. The van der Waals surface area contributed by atoms with E-state index in [1.165, 1.54) is 18.5 Å². The molecule has 1 aliphatic carbocycles. The summed E-state index contributed by atoms with van der Waals surface area (Å²) in [5, 5.41) is 25.2. The van der Waals surface area contributed by atoms with Gasteiger partial charge >= 0.3 is 0 Å². The van der Waals surface area contributed by atoms with Gasteiger partial charge in [-0.2, -0.15) is 5.10 Å². The fourth-order valence-electron chi connectivity index (χ4n) is 3.99. The molecule has 2 heterocycles. The summed E-state index contributed by atoms with van der Waals surface area (Å²) >= 11 is 0. The van der Waals surface area contributed by atoms with Crippen molar-refractivity contribution in [2.75, 3.05) is 5.73 Å². The number of aromatic nitrogens is 4. The number of hydrogen-bond donors (Lipinski definition) is 3. The van der Waals surface area contributed by atoms with Crippen molar-refractivity contribution in [3.8, 4) is 22.8 Å². The highest BCUT2D eigenvalue weighted by atomic mass is 19.1. The van der Waals surface area contributed by atoms with Gasteiger partial charge in [0.25, 0.3) is 0 Å². The largest absolute Gasteiger partial charge is 0.508 e. The molecule has 0 radical (unpaired) electrons. The molecule has 4 N–H and O–H groups in total. The molecule has 28 heavy (non-hydrogen) atoms. The molecule has 0 spiro atoms. The molecule has 0 bridgehead atoms. The molecule has 8 heteroatoms. The van der Waals surface area contributed by atoms with Crippen LogP contribution in [0.1, 0.15) is 23.6 Å². The number of hydrogen-bond acceptors (Lipinski definition) is 6. The van der Waals surface area contributed by atoms with Crippen LogP contribution in [0.5, 0.6) is 11.5 Å². The molecule has 1 unspecified atom stereocenters. The maximum Gasteiger partial charge on any atom is 0.164 e. The highest BCUT2D eigenvalue weighted by Gasteiger charge is 2.30. The molecule has 1 aliphatic rings. The Morgan fingerprint density at radius 1 is 1.14 bits per heavy atom. The molecule has 1 atom stereocenters. The minimum Gasteiger partial charge on any atom is -0.508 e. The van der Waals surface area contributed by atoms with Gasteiger partial charge in [-0.25, -0.2) is 19.0 Å². The van der Waals surface area contributed by atoms with E-state index in [4.69, 9.17) is 5.73 Å². The van der Waals surface area contributed by atoms with Crippen LogP contribution >= 0.6 is 0 Å². The van der Waals surface area contributed by atoms with Gasteiger partial charge in [-0.15, -0.1) is 0 Å². The molecule has 7 nitrogen and oxygen atoms in total. The summed E-state index contributed by atoms with van der Waals surface area (Å²) in [6, 6.07) is 9.02. The molecule has 2 aromatic heterocycles. The molecule has 0 saturated carbocycles. The van der Waals surface area contributed by atoms with E-state index < -0.39 is 5.82 Å². The number of phenolic OH excluding ortho intramolecular Hbond substituents is 2. The maximum absolute atomic E-state index is 13.9. The van der Waals surface area contributed by atoms with E-state index in [1.807, 2.05) is 6.07 Å². The van der Waals surface area contributed by atoms with E-state index >= 15 is 0 Å². The highest BCUT2D eigenvalue weighted by molar-refractivity contribution is 5.98. The molecule has 140 valence electrons. The number of phenols is 2. The van der Waals surface area contributed by atoms with Crippen LogP contribution in [-0.4, -0.2) is 30.0 Å². The number of rotatable bonds is 2. The average molecular weight is 377 g/mol. The molecule has 2 aromatic carbocycles. The van der Waals surface area contributed by atoms with Crippen LogP contribution in [0.3, 0.4) is 0 Å². The van der Waals surface area contributed by atoms with E-state index in [0.717, 1.165) is 23.6 Å². The number of nitrogens with two attached hydrogens (primary N) is 1. The van der Waals surface area contributed by atoms with Crippen LogP contribution in [0.15, 0.2) is 42.7 Å². The summed E-state index contributed by atoms with van der Waals surface area (Å²) < 4.78 is 15.6. The number of aromatic hydroxyl groups is 2. The van der Waals surface area contributed by atoms with Crippen LogP contribution in [0.25, 0.3) is 22.3 Å². The van der Waals surface area contributed by atoms with Gasteiger partial charge in [0.2, 0.25) is 0 Å². The summed E-state index contributed by atoms with van der Waals surface area (Å²) in [5.41, 5.74) is 9.27. The van der Waals surface area contributed by atoms with Crippen molar-refractivity contribution >= 4 is 16.9 Å². The zero-order chi connectivity index (χ0) is 19.4. The normalized spacial score (nSPS) is 15.8. The molecular formula is C20H16FN5O2. The molecule has 4 aromatic rings. The zero-order valence-electron chi connectivity index (χ0n) is 14.7. The Labute approximate surface area is 158 Å². The fraction of sp³-hybridized carbons (Fsp3) is 0.150. The summed E-state index contributed by atoms with van der Waals surface area (Å²) in [6.45, 7) is 0. The Morgan fingerprint density at radius 3 is 2.82 bits per heavy atom. The third kappa shape index (κ3) is 2.38. The zero-order valence-corrected chi connectivity index (χ0v) is 14.7. The minimum atomic E-state index is -0.579. The van der Waals surface area contributed by atoms with Crippen molar-refractivity contribution in [1.29, 1.82) is 0 Å². The first-order chi connectivity index (χ1) is 13.5. The Hall–Kier alpha value is -3.68. The van der Waals surface area contributed by atoms with Gasteiger partial charge in [0.1, 0.15) is 35.2 Å². The highest BCUT2D eigenvalue weighted by Crippen LogP contribution is 2.41. The van der Waals surface area contributed by atoms with E-state index in [9.17, 15) is 14.6 Å². The van der Waals surface area contributed by atoms with Gasteiger partial charge in [0.05, 0.1) is 11.4 Å². The second kappa shape index (κ2) is 5.91. The smallest absolute Gasteiger partial charge is 0.164 e. The summed E-state index contributed by atoms with van der Waals surface area (Å²) in [6.07, 6.45) is 2.81. The standard InChI is InChI=1S/C20H16FN5O2/c21-11-6-10(7-12(27)8-11)18-17-19(22)23-9-24-20(17)26(25-18)15-5-4-14-13(15)2-1-3-16(14)28/h1-3,6-9,15,27-28H,4-5H2,(H2,22,23,24). The molecule has 0 fully saturated rings. The summed E-state index contributed by atoms with van der Waals surface area (Å²) in [4.78, 5) is 8.42. The number of halogens is 1. The first-order valence-corrected chi connectivity index (χ1v) is 8.82. The van der Waals surface area contributed by atoms with E-state index in [0.29, 0.717) is 28.7 Å². The Morgan fingerprint density at radius 2 is 2.00 bits per heavy atom. The van der Waals surface area contributed by atoms with Crippen molar-refractivity contribution in [3.05, 3.63) is 59.7 Å². The van der Waals surface area contributed by atoms with Crippen LogP contribution < -0.4 is 5.73 Å². The van der Waals surface area contributed by atoms with Crippen LogP contribution in [0, 0.1) is 5.82 Å². The van der Waals surface area contributed by atoms with Crippen molar-refractivity contribution in [3.63, 3.8) is 0 Å². The van der Waals surface area contributed by atoms with Gasteiger partial charge in [0, 0.05) is 11.6 Å². The summed E-state index contributed by atoms with van der Waals surface area (Å²) in [5.74, 6) is -0.293. The molecular weight excluding hydrogens is 361 g/mol. The van der Waals surface area contributed by atoms with Crippen molar-refractivity contribution in [2.24, 2.45) is 0 Å². The van der Waals surface area contributed by atoms with Gasteiger partial charge in [0.15, 0.2) is 5.65 Å². The number of nitrogen functional groups attached to an aromatic ring is 1. The molecule has 0 amide bonds. The Kier molecular flexibility index (Phi) is 3.48. The maximum atomic E-state index is 13.9. The monoisotopic (exact) mass is 377 g/mol. The van der Waals surface area contributed by atoms with Crippen molar-refractivity contribution in [2.45, 2.75) is 18.9 Å². The van der Waals surface area contributed by atoms with Gasteiger partial charge < -0.3 is 15.9 Å². The third-order valence-corrected chi connectivity index (χ3v) is 5.18. The second-order valence-electron chi connectivity index (χ2n) is 6.85. The van der Waals surface area contributed by atoms with Crippen LogP contribution in [0.4, 0.5) is 10.2 Å². The first-order valence-electron chi connectivity index (χ1n) is 8.82. The first kappa shape index (κ1) is 16.5. The van der Waals surface area contributed by atoms with Gasteiger partial charge in [-0.3, -0.25) is 0 Å². The molecule has 5 rings (SSSR count). The fourth-order valence-corrected chi connectivity index (χ4v) is 3.99. The lowest BCUT2D eigenvalue weighted by Crippen LogP contribution is -2.10. The third-order valence-electron chi connectivity index (χ3n) is 5.18. The van der Waals surface area contributed by atoms with E-state index in [2.05, 4.69) is 15.1 Å². The van der Waals surface area contributed by atoms with Crippen molar-refractivity contribution in [1.82, 2.24) is 19.7 Å². The van der Waals surface area contributed by atoms with Gasteiger partial charge in [-0.1, -0.05) is 12.1 Å². The topological polar surface area (TPSA) is 110 Å². The number of benzene rings is 2. The lowest BCUT2D eigenvalue weighted by Gasteiger charge is -2.13. The van der Waals surface area contributed by atoms with E-state index in [1.54, 1.807) is 16.8 Å². The lowest BCUT2D eigenvalue weighted by molar-refractivity contribution is 0.468. The number of fused-ring (bicyclic) bond motifs is 2. The Bertz CT molecular complexity index is 1220. The Balaban J connectivity index is 1.77. The van der Waals surface area contributed by atoms with E-state index in [-0.39, 0.29) is 23.4 Å². The van der Waals surface area contributed by atoms with Crippen LogP contribution in [0.2, 0.25) is 0 Å². The quantitative estimate of drug-likeness (QED) is 0.495.